The van der Waals surface area contributed by atoms with Crippen LogP contribution in [0.15, 0.2) is 29.8 Å². The quantitative estimate of drug-likeness (QED) is 0.0580. The molecular formula is C53H68ClF5N10O7S. The summed E-state index contributed by atoms with van der Waals surface area (Å²) in [5, 5.41) is 6.33. The first-order valence-electron chi connectivity index (χ1n) is 26.1. The van der Waals surface area contributed by atoms with Gasteiger partial charge in [0.05, 0.1) is 52.2 Å². The van der Waals surface area contributed by atoms with Gasteiger partial charge in [0.2, 0.25) is 12.3 Å². The molecule has 4 aliphatic rings. The van der Waals surface area contributed by atoms with E-state index in [2.05, 4.69) is 20.5 Å². The summed E-state index contributed by atoms with van der Waals surface area (Å²) in [6.45, 7) is 10.9. The number of carbonyl (C=O) groups excluding carboxylic acids is 5. The van der Waals surface area contributed by atoms with Gasteiger partial charge in [-0.3, -0.25) is 34.0 Å². The first-order valence-corrected chi connectivity index (χ1v) is 27.4. The number of carbonyl (C=O) groups is 5. The van der Waals surface area contributed by atoms with E-state index >= 15 is 17.6 Å². The van der Waals surface area contributed by atoms with E-state index in [1.54, 1.807) is 32.3 Å². The number of esters is 1. The number of nitrogens with one attached hydrogen (secondary N) is 2. The Labute approximate surface area is 453 Å². The van der Waals surface area contributed by atoms with Gasteiger partial charge in [0.15, 0.2) is 0 Å². The minimum Gasteiger partial charge on any atom is -0.464 e. The van der Waals surface area contributed by atoms with Crippen LogP contribution in [0.4, 0.5) is 27.6 Å². The number of pyridine rings is 1. The maximum atomic E-state index is 17.0. The Balaban J connectivity index is 1.21. The van der Waals surface area contributed by atoms with E-state index in [-0.39, 0.29) is 67.5 Å². The van der Waals surface area contributed by atoms with Crippen molar-refractivity contribution in [2.45, 2.75) is 116 Å². The molecule has 1 unspecified atom stereocenters. The molecule has 3 aromatic heterocycles. The molecule has 4 aliphatic heterocycles. The zero-order valence-electron chi connectivity index (χ0n) is 44.4. The van der Waals surface area contributed by atoms with Gasteiger partial charge in [-0.05, 0) is 81.7 Å². The van der Waals surface area contributed by atoms with Crippen molar-refractivity contribution in [3.8, 4) is 22.5 Å². The number of cyclic esters (lactones) is 1. The molecule has 0 spiro atoms. The smallest absolute Gasteiger partial charge is 0.406 e. The molecule has 2 N–H and O–H groups in total. The van der Waals surface area contributed by atoms with Crippen LogP contribution in [0.1, 0.15) is 82.7 Å². The zero-order chi connectivity index (χ0) is 55.7. The van der Waals surface area contributed by atoms with Crippen molar-refractivity contribution in [1.29, 1.82) is 0 Å². The molecule has 1 aromatic carbocycles. The number of hydrogen-bond acceptors (Lipinski definition) is 13. The lowest BCUT2D eigenvalue weighted by Crippen LogP contribution is -2.62. The van der Waals surface area contributed by atoms with E-state index < -0.39 is 83.4 Å². The number of nitrogens with zero attached hydrogens (tertiary/aromatic N) is 8. The number of thiazole rings is 1. The van der Waals surface area contributed by atoms with Crippen molar-refractivity contribution in [3.05, 3.63) is 51.9 Å². The molecular weight excluding hydrogens is 1050 g/mol. The van der Waals surface area contributed by atoms with Crippen molar-refractivity contribution in [1.82, 2.24) is 45.0 Å². The van der Waals surface area contributed by atoms with Crippen molar-refractivity contribution in [3.63, 3.8) is 0 Å². The van der Waals surface area contributed by atoms with Crippen molar-refractivity contribution >= 4 is 69.6 Å². The monoisotopic (exact) mass is 1120 g/mol. The fraction of sp³-hybridized carbons (Fsp3) is 0.604. The van der Waals surface area contributed by atoms with Crippen LogP contribution >= 0.6 is 22.9 Å². The van der Waals surface area contributed by atoms with Gasteiger partial charge in [-0.25, -0.2) is 19.2 Å². The van der Waals surface area contributed by atoms with Crippen LogP contribution in [0, 0.1) is 23.1 Å². The molecule has 17 nitrogen and oxygen atoms in total. The Morgan fingerprint density at radius 1 is 1.08 bits per heavy atom. The normalized spacial score (nSPS) is 21.9. The molecule has 3 fully saturated rings. The number of anilines is 1. The molecule has 3 saturated heterocycles. The van der Waals surface area contributed by atoms with Crippen LogP contribution in [0.5, 0.6) is 0 Å². The fourth-order valence-electron chi connectivity index (χ4n) is 11.0. The number of likely N-dealkylation sites (tertiary alicyclic amines) is 1. The van der Waals surface area contributed by atoms with Gasteiger partial charge in [-0.1, -0.05) is 39.3 Å². The Morgan fingerprint density at radius 3 is 2.49 bits per heavy atom. The zero-order valence-corrected chi connectivity index (χ0v) is 46.0. The second kappa shape index (κ2) is 23.9. The highest BCUT2D eigenvalue weighted by molar-refractivity contribution is 7.10. The highest BCUT2D eigenvalue weighted by Crippen LogP contribution is 2.45. The summed E-state index contributed by atoms with van der Waals surface area (Å²) < 4.78 is 88.6. The van der Waals surface area contributed by atoms with Gasteiger partial charge in [0, 0.05) is 93.2 Å². The number of benzene rings is 1. The summed E-state index contributed by atoms with van der Waals surface area (Å²) in [5.41, 5.74) is 2.04. The lowest BCUT2D eigenvalue weighted by molar-refractivity contribution is -0.155. The van der Waals surface area contributed by atoms with Crippen molar-refractivity contribution in [2.24, 2.45) is 17.3 Å². The molecule has 0 radical (unpaired) electrons. The number of ether oxygens (including phenoxy) is 2. The summed E-state index contributed by atoms with van der Waals surface area (Å²) in [6, 6.07) is 1.04. The Morgan fingerprint density at radius 2 is 1.82 bits per heavy atom. The average molecular weight is 1120 g/mol. The summed E-state index contributed by atoms with van der Waals surface area (Å²) >= 11 is 6.49. The number of hydrogen-bond donors (Lipinski definition) is 2. The molecule has 420 valence electrons. The largest absolute Gasteiger partial charge is 0.464 e. The molecule has 24 heteroatoms. The molecule has 8 rings (SSSR count). The van der Waals surface area contributed by atoms with Crippen LogP contribution in [0.2, 0.25) is 0 Å². The summed E-state index contributed by atoms with van der Waals surface area (Å²) in [7, 11) is 3.50. The summed E-state index contributed by atoms with van der Waals surface area (Å²) in [5.74, 6) is -4.17. The lowest BCUT2D eigenvalue weighted by Gasteiger charge is -2.36. The topological polar surface area (TPSA) is 175 Å². The van der Waals surface area contributed by atoms with Gasteiger partial charge < -0.3 is 39.0 Å². The predicted molar refractivity (Wildman–Crippen MR) is 281 cm³/mol. The van der Waals surface area contributed by atoms with Crippen LogP contribution < -0.4 is 15.6 Å². The third-order valence-corrected chi connectivity index (χ3v) is 16.2. The van der Waals surface area contributed by atoms with Crippen LogP contribution in [0.25, 0.3) is 33.4 Å². The first-order chi connectivity index (χ1) is 36.4. The van der Waals surface area contributed by atoms with Crippen LogP contribution in [0.3, 0.4) is 0 Å². The molecule has 0 saturated carbocycles. The first kappa shape index (κ1) is 57.7. The van der Waals surface area contributed by atoms with E-state index in [0.717, 1.165) is 35.1 Å². The number of hydrazine groups is 1. The number of fused-ring (bicyclic) bond motifs is 6. The summed E-state index contributed by atoms with van der Waals surface area (Å²) in [6.07, 6.45) is -1.71. The highest BCUT2D eigenvalue weighted by Gasteiger charge is 2.40. The average Bonchev–Trinajstić information content (AvgIpc) is 4.14. The molecule has 0 aliphatic carbocycles. The maximum absolute atomic E-state index is 17.0. The number of piperazine rings is 1. The van der Waals surface area contributed by atoms with E-state index in [0.29, 0.717) is 84.6 Å². The second-order valence-corrected chi connectivity index (χ2v) is 23.2. The van der Waals surface area contributed by atoms with Gasteiger partial charge in [-0.15, -0.1) is 11.3 Å². The lowest BCUT2D eigenvalue weighted by atomic mass is 9.84. The Bertz CT molecular complexity index is 2820. The standard InChI is InChI=1S/C53H68ClF5N10O7S/c1-30(2)45(67(29-70)14-11-32-10-13-66(25-32)50(73)47(54)56)48(71)62-40-22-43-61-41(26-77-43)35-20-34-37(23-52(4,5)28-76-51(74)39-9-8-12-69(63-39)49(40)72)46(68(27-53(57,58)59)42(34)21-38(35)55)36-19-33(24-60-44(36)31(3)75-7)65-17-15-64(6)16-18-65/h19-21,24,26,29-32,39-40,45,47,63H,8-18,22-23,25,27-28H2,1-7H3,(H,62,71)/t31-,32?,39-,40-,45-,47-/m0/s1. The minimum absolute atomic E-state index is 0.0204. The van der Waals surface area contributed by atoms with Crippen molar-refractivity contribution in [2.75, 3.05) is 78.0 Å². The molecule has 4 aromatic rings. The summed E-state index contributed by atoms with van der Waals surface area (Å²) in [4.78, 5) is 84.8. The SMILES string of the molecule is CO[C@@H](C)c1ncc(N2CCN(C)CC2)cc1-c1c2c3cc(c(F)cc3n1CC(F)(F)F)-c1csc(n1)C[C@H](NC(=O)[C@H](C(C)C)N(C=O)CCC1CCN(C(=O)[C@H](F)Cl)C1)C(=O)N1CCC[C@H](N1)C(=O)OCC(C)(C)C2. The third-order valence-electron chi connectivity index (χ3n) is 15.2. The van der Waals surface area contributed by atoms with E-state index in [9.17, 15) is 28.4 Å². The van der Waals surface area contributed by atoms with Crippen LogP contribution in [-0.4, -0.2) is 167 Å². The second-order valence-electron chi connectivity index (χ2n) is 21.9. The number of likely N-dealkylation sites (N-methyl/N-ethyl adjacent to an activating group) is 1. The molecule has 77 heavy (non-hydrogen) atoms. The molecule has 4 amide bonds. The molecule has 6 atom stereocenters. The van der Waals surface area contributed by atoms with E-state index in [1.807, 2.05) is 27.0 Å². The van der Waals surface area contributed by atoms with Gasteiger partial charge in [0.1, 0.15) is 30.5 Å². The minimum atomic E-state index is -4.76. The van der Waals surface area contributed by atoms with Gasteiger partial charge >= 0.3 is 12.1 Å². The van der Waals surface area contributed by atoms with Crippen molar-refractivity contribution < 1.29 is 55.4 Å². The number of amides is 4. The van der Waals surface area contributed by atoms with Gasteiger partial charge in [0.25, 0.3) is 17.4 Å². The molecule has 6 bridgehead atoms. The van der Waals surface area contributed by atoms with E-state index in [4.69, 9.17) is 31.0 Å². The third kappa shape index (κ3) is 13.2. The number of methoxy groups -OCH3 is 1. The predicted octanol–water partition coefficient (Wildman–Crippen LogP) is 6.89. The molecule has 7 heterocycles. The number of halogens is 6. The van der Waals surface area contributed by atoms with E-state index in [1.165, 1.54) is 28.0 Å². The maximum Gasteiger partial charge on any atom is 0.406 e. The number of alkyl halides is 5. The van der Waals surface area contributed by atoms with Crippen LogP contribution in [-0.2, 0) is 52.8 Å². The Kier molecular flexibility index (Phi) is 17.9. The highest BCUT2D eigenvalue weighted by atomic mass is 35.5. The number of rotatable bonds is 14. The fourth-order valence-corrected chi connectivity index (χ4v) is 12.0. The Hall–Kier alpha value is -5.49. The number of aromatic nitrogens is 3. The van der Waals surface area contributed by atoms with Gasteiger partial charge in [-0.2, -0.15) is 13.2 Å².